The molecule has 0 aromatic rings. The fourth-order valence-corrected chi connectivity index (χ4v) is 1.36. The van der Waals surface area contributed by atoms with E-state index in [1.807, 2.05) is 0 Å². The monoisotopic (exact) mass is 140 g/mol. The Bertz CT molecular complexity index is 116. The summed E-state index contributed by atoms with van der Waals surface area (Å²) in [5, 5.41) is 2.92. The van der Waals surface area contributed by atoms with E-state index in [-0.39, 0.29) is 5.91 Å². The Labute approximate surface area is 62.0 Å². The molecule has 0 aliphatic heterocycles. The maximum Gasteiger partial charge on any atom is 0.217 e. The van der Waals surface area contributed by atoms with E-state index in [0.29, 0.717) is 6.04 Å². The molecule has 10 heavy (non-hydrogen) atoms. The van der Waals surface area contributed by atoms with Crippen molar-refractivity contribution in [1.29, 1.82) is 0 Å². The molecule has 1 aliphatic carbocycles. The lowest BCUT2D eigenvalue weighted by molar-refractivity contribution is -0.119. The molecule has 0 aromatic carbocycles. The quantitative estimate of drug-likeness (QED) is 0.584. The first kappa shape index (κ1) is 7.58. The van der Waals surface area contributed by atoms with Crippen molar-refractivity contribution in [2.45, 2.75) is 38.6 Å². The van der Waals surface area contributed by atoms with Crippen LogP contribution in [-0.4, -0.2) is 11.9 Å². The number of amides is 1. The molecule has 2 heteroatoms. The molecule has 0 spiro atoms. The molecule has 1 radical (unpaired) electrons. The van der Waals surface area contributed by atoms with Crippen LogP contribution in [0.4, 0.5) is 0 Å². The van der Waals surface area contributed by atoms with Gasteiger partial charge in [-0.1, -0.05) is 0 Å². The van der Waals surface area contributed by atoms with Crippen molar-refractivity contribution in [3.63, 3.8) is 0 Å². The summed E-state index contributed by atoms with van der Waals surface area (Å²) in [5.74, 6) is 0.104. The van der Waals surface area contributed by atoms with Crippen molar-refractivity contribution in [3.05, 3.63) is 6.42 Å². The number of carbonyl (C=O) groups is 1. The summed E-state index contributed by atoms with van der Waals surface area (Å²) in [6.45, 7) is 1.58. The Kier molecular flexibility index (Phi) is 2.72. The maximum absolute atomic E-state index is 10.6. The molecule has 1 amide bonds. The summed E-state index contributed by atoms with van der Waals surface area (Å²) >= 11 is 0. The van der Waals surface area contributed by atoms with Crippen molar-refractivity contribution in [1.82, 2.24) is 5.32 Å². The second-order valence-electron chi connectivity index (χ2n) is 2.84. The highest BCUT2D eigenvalue weighted by Gasteiger charge is 2.12. The summed E-state index contributed by atoms with van der Waals surface area (Å²) < 4.78 is 0. The van der Waals surface area contributed by atoms with Crippen molar-refractivity contribution in [2.24, 2.45) is 0 Å². The van der Waals surface area contributed by atoms with Gasteiger partial charge in [0.1, 0.15) is 0 Å². The van der Waals surface area contributed by atoms with E-state index in [1.165, 1.54) is 0 Å². The third-order valence-electron chi connectivity index (χ3n) is 1.85. The van der Waals surface area contributed by atoms with Gasteiger partial charge in [0.05, 0.1) is 0 Å². The van der Waals surface area contributed by atoms with Crippen LogP contribution in [0.2, 0.25) is 0 Å². The molecule has 1 N–H and O–H groups in total. The van der Waals surface area contributed by atoms with Crippen molar-refractivity contribution < 1.29 is 4.79 Å². The summed E-state index contributed by atoms with van der Waals surface area (Å²) in [6, 6.07) is 0.447. The summed E-state index contributed by atoms with van der Waals surface area (Å²) in [5.41, 5.74) is 0. The SMILES string of the molecule is CC(=O)NC1CC[CH]CC1. The minimum Gasteiger partial charge on any atom is -0.354 e. The maximum atomic E-state index is 10.6. The lowest BCUT2D eigenvalue weighted by atomic mass is 9.95. The van der Waals surface area contributed by atoms with E-state index in [1.54, 1.807) is 6.92 Å². The number of hydrogen-bond acceptors (Lipinski definition) is 1. The van der Waals surface area contributed by atoms with Crippen LogP contribution < -0.4 is 5.32 Å². The van der Waals surface area contributed by atoms with E-state index in [0.717, 1.165) is 25.7 Å². The van der Waals surface area contributed by atoms with Crippen LogP contribution in [0.15, 0.2) is 0 Å². The van der Waals surface area contributed by atoms with Gasteiger partial charge in [-0.3, -0.25) is 4.79 Å². The first-order valence-electron chi connectivity index (χ1n) is 3.88. The molecule has 57 valence electrons. The first-order valence-corrected chi connectivity index (χ1v) is 3.88. The van der Waals surface area contributed by atoms with Gasteiger partial charge >= 0.3 is 0 Å². The van der Waals surface area contributed by atoms with E-state index >= 15 is 0 Å². The van der Waals surface area contributed by atoms with Gasteiger partial charge in [-0.15, -0.1) is 0 Å². The van der Waals surface area contributed by atoms with E-state index in [2.05, 4.69) is 11.7 Å². The highest BCUT2D eigenvalue weighted by molar-refractivity contribution is 5.73. The third-order valence-corrected chi connectivity index (χ3v) is 1.85. The van der Waals surface area contributed by atoms with Crippen LogP contribution >= 0.6 is 0 Å². The molecular weight excluding hydrogens is 126 g/mol. The molecule has 1 rings (SSSR count). The van der Waals surface area contributed by atoms with Crippen molar-refractivity contribution in [2.75, 3.05) is 0 Å². The fraction of sp³-hybridized carbons (Fsp3) is 0.750. The van der Waals surface area contributed by atoms with Gasteiger partial charge < -0.3 is 5.32 Å². The molecule has 0 unspecified atom stereocenters. The Morgan fingerprint density at radius 2 is 2.10 bits per heavy atom. The summed E-state index contributed by atoms with van der Waals surface area (Å²) in [7, 11) is 0. The zero-order valence-corrected chi connectivity index (χ0v) is 6.39. The van der Waals surface area contributed by atoms with Crippen LogP contribution in [0, 0.1) is 6.42 Å². The highest BCUT2D eigenvalue weighted by atomic mass is 16.1. The average molecular weight is 140 g/mol. The molecule has 0 atom stereocenters. The number of rotatable bonds is 1. The first-order chi connectivity index (χ1) is 4.79. The molecule has 0 heterocycles. The van der Waals surface area contributed by atoms with Gasteiger partial charge in [0.25, 0.3) is 0 Å². The second kappa shape index (κ2) is 3.59. The van der Waals surface area contributed by atoms with Crippen LogP contribution in [0.25, 0.3) is 0 Å². The predicted octanol–water partition coefficient (Wildman–Crippen LogP) is 1.27. The van der Waals surface area contributed by atoms with Crippen LogP contribution in [0.1, 0.15) is 32.6 Å². The van der Waals surface area contributed by atoms with E-state index in [4.69, 9.17) is 0 Å². The predicted molar refractivity (Wildman–Crippen MR) is 40.4 cm³/mol. The Balaban J connectivity index is 2.19. The summed E-state index contributed by atoms with van der Waals surface area (Å²) in [4.78, 5) is 10.6. The average Bonchev–Trinajstić information content (AvgIpc) is 1.88. The minimum absolute atomic E-state index is 0.104. The lowest BCUT2D eigenvalue weighted by Gasteiger charge is -2.21. The van der Waals surface area contributed by atoms with Gasteiger partial charge in [-0.25, -0.2) is 0 Å². The summed E-state index contributed by atoms with van der Waals surface area (Å²) in [6.07, 6.45) is 6.85. The molecule has 0 saturated heterocycles. The molecular formula is C8H14NO. The van der Waals surface area contributed by atoms with E-state index < -0.39 is 0 Å². The number of carbonyl (C=O) groups excluding carboxylic acids is 1. The molecule has 0 bridgehead atoms. The molecule has 0 aromatic heterocycles. The highest BCUT2D eigenvalue weighted by Crippen LogP contribution is 2.15. The standard InChI is InChI=1S/C8H14NO/c1-7(10)9-8-5-3-2-4-6-8/h2,8H,3-6H2,1H3,(H,9,10). The Morgan fingerprint density at radius 1 is 1.50 bits per heavy atom. The smallest absolute Gasteiger partial charge is 0.217 e. The lowest BCUT2D eigenvalue weighted by Crippen LogP contribution is -2.34. The van der Waals surface area contributed by atoms with Gasteiger partial charge in [0, 0.05) is 13.0 Å². The second-order valence-corrected chi connectivity index (χ2v) is 2.84. The van der Waals surface area contributed by atoms with Crippen LogP contribution in [0.3, 0.4) is 0 Å². The van der Waals surface area contributed by atoms with Gasteiger partial charge in [0.2, 0.25) is 5.91 Å². The molecule has 1 saturated carbocycles. The van der Waals surface area contributed by atoms with Gasteiger partial charge in [-0.2, -0.15) is 0 Å². The Morgan fingerprint density at radius 3 is 2.60 bits per heavy atom. The number of hydrogen-bond donors (Lipinski definition) is 1. The van der Waals surface area contributed by atoms with Gasteiger partial charge in [0.15, 0.2) is 0 Å². The third kappa shape index (κ3) is 2.38. The zero-order valence-electron chi connectivity index (χ0n) is 6.39. The minimum atomic E-state index is 0.104. The van der Waals surface area contributed by atoms with Crippen LogP contribution in [-0.2, 0) is 4.79 Å². The van der Waals surface area contributed by atoms with Crippen molar-refractivity contribution >= 4 is 5.91 Å². The van der Waals surface area contributed by atoms with Gasteiger partial charge in [-0.05, 0) is 32.1 Å². The topological polar surface area (TPSA) is 29.1 Å². The van der Waals surface area contributed by atoms with Crippen molar-refractivity contribution in [3.8, 4) is 0 Å². The fourth-order valence-electron chi connectivity index (χ4n) is 1.36. The number of nitrogens with one attached hydrogen (secondary N) is 1. The van der Waals surface area contributed by atoms with E-state index in [9.17, 15) is 4.79 Å². The normalized spacial score (nSPS) is 20.5. The Hall–Kier alpha value is -0.530. The molecule has 2 nitrogen and oxygen atoms in total. The largest absolute Gasteiger partial charge is 0.354 e. The molecule has 1 aliphatic rings. The van der Waals surface area contributed by atoms with Crippen LogP contribution in [0.5, 0.6) is 0 Å². The molecule has 1 fully saturated rings. The zero-order chi connectivity index (χ0) is 7.40.